The number of nitrogens with zero attached hydrogens (tertiary/aromatic N) is 2. The predicted octanol–water partition coefficient (Wildman–Crippen LogP) is 2.80. The van der Waals surface area contributed by atoms with E-state index in [4.69, 9.17) is 0 Å². The van der Waals surface area contributed by atoms with Crippen LogP contribution in [-0.4, -0.2) is 35.0 Å². The molecule has 150 valence electrons. The highest BCUT2D eigenvalue weighted by Crippen LogP contribution is 2.29. The lowest BCUT2D eigenvalue weighted by atomic mass is 10.0. The first kappa shape index (κ1) is 19.9. The summed E-state index contributed by atoms with van der Waals surface area (Å²) in [6, 6.07) is 3.84. The van der Waals surface area contributed by atoms with Gasteiger partial charge in [0.25, 0.3) is 11.5 Å². The molecule has 1 atom stereocenters. The molecule has 9 heteroatoms. The van der Waals surface area contributed by atoms with E-state index in [0.29, 0.717) is 36.6 Å². The first-order valence-corrected chi connectivity index (χ1v) is 8.94. The van der Waals surface area contributed by atoms with Gasteiger partial charge in [-0.2, -0.15) is 13.2 Å². The van der Waals surface area contributed by atoms with E-state index in [1.54, 1.807) is 19.9 Å². The van der Waals surface area contributed by atoms with Gasteiger partial charge in [0.05, 0.1) is 5.56 Å². The van der Waals surface area contributed by atoms with Crippen LogP contribution in [0.2, 0.25) is 0 Å². The molecule has 0 aromatic carbocycles. The van der Waals surface area contributed by atoms with Crippen LogP contribution in [-0.2, 0) is 6.18 Å². The molecule has 1 saturated heterocycles. The second kappa shape index (κ2) is 7.65. The summed E-state index contributed by atoms with van der Waals surface area (Å²) in [5, 5.41) is 2.86. The number of aromatic amines is 1. The van der Waals surface area contributed by atoms with Crippen LogP contribution in [0, 0.1) is 13.8 Å². The number of hydrogen-bond donors (Lipinski definition) is 2. The van der Waals surface area contributed by atoms with Crippen molar-refractivity contribution in [2.75, 3.05) is 18.0 Å². The molecule has 1 amide bonds. The summed E-state index contributed by atoms with van der Waals surface area (Å²) in [6.45, 7) is 4.49. The minimum absolute atomic E-state index is 0.0791. The van der Waals surface area contributed by atoms with E-state index in [1.807, 2.05) is 4.90 Å². The Bertz CT molecular complexity index is 922. The smallest absolute Gasteiger partial charge is 0.355 e. The van der Waals surface area contributed by atoms with Crippen LogP contribution in [0.1, 0.15) is 40.0 Å². The fourth-order valence-corrected chi connectivity index (χ4v) is 3.44. The van der Waals surface area contributed by atoms with Crippen LogP contribution < -0.4 is 15.8 Å². The number of pyridine rings is 2. The molecule has 1 aliphatic rings. The van der Waals surface area contributed by atoms with E-state index in [-0.39, 0.29) is 11.6 Å². The lowest BCUT2D eigenvalue weighted by Gasteiger charge is -2.34. The number of alkyl halides is 3. The molecule has 1 aliphatic heterocycles. The van der Waals surface area contributed by atoms with Crippen LogP contribution in [0.4, 0.5) is 19.0 Å². The third-order valence-electron chi connectivity index (χ3n) is 4.75. The zero-order valence-corrected chi connectivity index (χ0v) is 15.6. The first-order valence-electron chi connectivity index (χ1n) is 8.94. The average molecular weight is 394 g/mol. The Morgan fingerprint density at radius 3 is 2.68 bits per heavy atom. The molecule has 1 fully saturated rings. The lowest BCUT2D eigenvalue weighted by Crippen LogP contribution is -2.49. The summed E-state index contributed by atoms with van der Waals surface area (Å²) < 4.78 is 38.1. The SMILES string of the molecule is Cc1cc(C)c(C(=O)N[C@H]2CCCN(c3ccc(C(F)(F)F)cn3)C2)c(=O)[nH]1. The number of rotatable bonds is 3. The third-order valence-corrected chi connectivity index (χ3v) is 4.75. The molecule has 0 radical (unpaired) electrons. The Hall–Kier alpha value is -2.84. The quantitative estimate of drug-likeness (QED) is 0.839. The van der Waals surface area contributed by atoms with Crippen molar-refractivity contribution in [1.29, 1.82) is 0 Å². The van der Waals surface area contributed by atoms with Gasteiger partial charge in [-0.1, -0.05) is 0 Å². The van der Waals surface area contributed by atoms with Crippen molar-refractivity contribution in [3.63, 3.8) is 0 Å². The Morgan fingerprint density at radius 1 is 1.32 bits per heavy atom. The molecule has 2 N–H and O–H groups in total. The van der Waals surface area contributed by atoms with Crippen molar-refractivity contribution in [1.82, 2.24) is 15.3 Å². The number of piperidine rings is 1. The zero-order chi connectivity index (χ0) is 20.5. The molecule has 28 heavy (non-hydrogen) atoms. The van der Waals surface area contributed by atoms with Crippen LogP contribution >= 0.6 is 0 Å². The number of H-pyrrole nitrogens is 1. The van der Waals surface area contributed by atoms with Gasteiger partial charge < -0.3 is 15.2 Å². The molecule has 0 aliphatic carbocycles. The van der Waals surface area contributed by atoms with Crippen molar-refractivity contribution in [3.05, 3.63) is 57.1 Å². The van der Waals surface area contributed by atoms with Gasteiger partial charge in [0.1, 0.15) is 11.4 Å². The summed E-state index contributed by atoms with van der Waals surface area (Å²) in [5.41, 5.74) is 0.113. The number of anilines is 1. The Balaban J connectivity index is 1.70. The maximum Gasteiger partial charge on any atom is 0.417 e. The van der Waals surface area contributed by atoms with Crippen LogP contribution in [0.15, 0.2) is 29.2 Å². The summed E-state index contributed by atoms with van der Waals surface area (Å²) >= 11 is 0. The predicted molar refractivity (Wildman–Crippen MR) is 98.5 cm³/mol. The van der Waals surface area contributed by atoms with Gasteiger partial charge >= 0.3 is 6.18 Å². The van der Waals surface area contributed by atoms with Gasteiger partial charge in [-0.25, -0.2) is 4.98 Å². The largest absolute Gasteiger partial charge is 0.417 e. The van der Waals surface area contributed by atoms with E-state index in [1.165, 1.54) is 6.07 Å². The number of halogens is 3. The van der Waals surface area contributed by atoms with Gasteiger partial charge in [0.15, 0.2) is 0 Å². The molecule has 3 heterocycles. The average Bonchev–Trinajstić information content (AvgIpc) is 2.60. The van der Waals surface area contributed by atoms with Gasteiger partial charge in [0.2, 0.25) is 0 Å². The Kier molecular flexibility index (Phi) is 5.44. The summed E-state index contributed by atoms with van der Waals surface area (Å²) in [7, 11) is 0. The van der Waals surface area contributed by atoms with Crippen molar-refractivity contribution in [2.24, 2.45) is 0 Å². The second-order valence-corrected chi connectivity index (χ2v) is 7.00. The number of amides is 1. The van der Waals surface area contributed by atoms with Gasteiger partial charge in [-0.05, 0) is 50.5 Å². The minimum atomic E-state index is -4.43. The minimum Gasteiger partial charge on any atom is -0.355 e. The van der Waals surface area contributed by atoms with Crippen molar-refractivity contribution in [3.8, 4) is 0 Å². The molecule has 0 bridgehead atoms. The number of hydrogen-bond acceptors (Lipinski definition) is 4. The maximum atomic E-state index is 12.7. The molecular formula is C19H21F3N4O2. The Labute approximate surface area is 159 Å². The van der Waals surface area contributed by atoms with E-state index >= 15 is 0 Å². The highest BCUT2D eigenvalue weighted by Gasteiger charge is 2.31. The van der Waals surface area contributed by atoms with E-state index < -0.39 is 23.2 Å². The normalized spacial score (nSPS) is 17.5. The number of aryl methyl sites for hydroxylation is 2. The molecule has 2 aromatic heterocycles. The summed E-state index contributed by atoms with van der Waals surface area (Å²) in [5.74, 6) is -0.0257. The third kappa shape index (κ3) is 4.35. The monoisotopic (exact) mass is 394 g/mol. The van der Waals surface area contributed by atoms with Crippen molar-refractivity contribution < 1.29 is 18.0 Å². The van der Waals surface area contributed by atoms with Crippen LogP contribution in [0.5, 0.6) is 0 Å². The first-order chi connectivity index (χ1) is 13.1. The highest BCUT2D eigenvalue weighted by molar-refractivity contribution is 5.95. The molecule has 2 aromatic rings. The van der Waals surface area contributed by atoms with Gasteiger partial charge in [0, 0.05) is 31.0 Å². The van der Waals surface area contributed by atoms with Crippen LogP contribution in [0.25, 0.3) is 0 Å². The molecule has 3 rings (SSSR count). The van der Waals surface area contributed by atoms with E-state index in [2.05, 4.69) is 15.3 Å². The zero-order valence-electron chi connectivity index (χ0n) is 15.6. The van der Waals surface area contributed by atoms with Crippen molar-refractivity contribution in [2.45, 2.75) is 38.9 Å². The number of carbonyl (C=O) groups is 1. The Morgan fingerprint density at radius 2 is 2.07 bits per heavy atom. The number of carbonyl (C=O) groups excluding carboxylic acids is 1. The van der Waals surface area contributed by atoms with Gasteiger partial charge in [-0.3, -0.25) is 9.59 Å². The maximum absolute atomic E-state index is 12.7. The van der Waals surface area contributed by atoms with Crippen molar-refractivity contribution >= 4 is 11.7 Å². The van der Waals surface area contributed by atoms with E-state index in [0.717, 1.165) is 18.7 Å². The van der Waals surface area contributed by atoms with Gasteiger partial charge in [-0.15, -0.1) is 0 Å². The summed E-state index contributed by atoms with van der Waals surface area (Å²) in [4.78, 5) is 33.1. The molecule has 0 saturated carbocycles. The molecular weight excluding hydrogens is 373 g/mol. The fourth-order valence-electron chi connectivity index (χ4n) is 3.44. The van der Waals surface area contributed by atoms with E-state index in [9.17, 15) is 22.8 Å². The number of aromatic nitrogens is 2. The number of nitrogens with one attached hydrogen (secondary N) is 2. The molecule has 0 unspecified atom stereocenters. The second-order valence-electron chi connectivity index (χ2n) is 7.00. The molecule has 0 spiro atoms. The lowest BCUT2D eigenvalue weighted by molar-refractivity contribution is -0.137. The topological polar surface area (TPSA) is 78.1 Å². The highest BCUT2D eigenvalue weighted by atomic mass is 19.4. The fraction of sp³-hybridized carbons (Fsp3) is 0.421. The standard InChI is InChI=1S/C19H21F3N4O2/c1-11-8-12(2)24-17(27)16(11)18(28)25-14-4-3-7-26(10-14)15-6-5-13(9-23-15)19(20,21)22/h5-6,8-9,14H,3-4,7,10H2,1-2H3,(H,24,27)(H,25,28)/t14-/m0/s1. The van der Waals surface area contributed by atoms with Crippen LogP contribution in [0.3, 0.4) is 0 Å². The molecule has 6 nitrogen and oxygen atoms in total. The summed E-state index contributed by atoms with van der Waals surface area (Å²) in [6.07, 6.45) is -2.15.